The minimum absolute atomic E-state index is 0.140. The summed E-state index contributed by atoms with van der Waals surface area (Å²) in [5.41, 5.74) is 1.72. The van der Waals surface area contributed by atoms with E-state index in [9.17, 15) is 9.59 Å². The van der Waals surface area contributed by atoms with E-state index in [2.05, 4.69) is 20.9 Å². The van der Waals surface area contributed by atoms with Crippen LogP contribution in [0.4, 0.5) is 0 Å². The third kappa shape index (κ3) is 7.10. The minimum atomic E-state index is -0.834. The predicted molar refractivity (Wildman–Crippen MR) is 180 cm³/mol. The van der Waals surface area contributed by atoms with E-state index in [0.717, 1.165) is 5.56 Å². The number of hydrogen-bond acceptors (Lipinski definition) is 8. The van der Waals surface area contributed by atoms with Crippen LogP contribution in [0.5, 0.6) is 17.2 Å². The van der Waals surface area contributed by atoms with Crippen molar-refractivity contribution in [1.82, 2.24) is 4.57 Å². The van der Waals surface area contributed by atoms with Gasteiger partial charge in [0.2, 0.25) is 0 Å². The molecule has 0 N–H and O–H groups in total. The van der Waals surface area contributed by atoms with Crippen LogP contribution < -0.4 is 29.1 Å². The Morgan fingerprint density at radius 1 is 1.00 bits per heavy atom. The molecule has 0 radical (unpaired) electrons. The van der Waals surface area contributed by atoms with Crippen LogP contribution in [0.1, 0.15) is 36.6 Å². The maximum Gasteiger partial charge on any atom is 0.337 e. The van der Waals surface area contributed by atoms with Crippen molar-refractivity contribution in [2.75, 3.05) is 20.3 Å². The van der Waals surface area contributed by atoms with E-state index < -0.39 is 12.0 Å². The minimum Gasteiger partial charge on any atom is -0.490 e. The first-order valence-corrected chi connectivity index (χ1v) is 16.4. The molecule has 0 aliphatic carbocycles. The van der Waals surface area contributed by atoms with Crippen LogP contribution in [0.3, 0.4) is 0 Å². The number of rotatable bonds is 10. The van der Waals surface area contributed by atoms with Crippen molar-refractivity contribution in [3.63, 3.8) is 0 Å². The van der Waals surface area contributed by atoms with E-state index in [1.807, 2.05) is 13.8 Å². The van der Waals surface area contributed by atoms with Crippen LogP contribution in [0.25, 0.3) is 6.08 Å². The average molecular weight is 753 g/mol. The highest BCUT2D eigenvalue weighted by atomic mass is 79.9. The molecule has 13 heteroatoms. The number of esters is 1. The van der Waals surface area contributed by atoms with Gasteiger partial charge in [0.1, 0.15) is 12.4 Å². The molecule has 0 amide bonds. The molecule has 0 fully saturated rings. The van der Waals surface area contributed by atoms with Crippen molar-refractivity contribution in [2.45, 2.75) is 26.5 Å². The summed E-state index contributed by atoms with van der Waals surface area (Å²) >= 11 is 23.5. The number of benzene rings is 3. The Balaban J connectivity index is 1.62. The lowest BCUT2D eigenvalue weighted by Crippen LogP contribution is -2.39. The van der Waals surface area contributed by atoms with Gasteiger partial charge in [-0.15, -0.1) is 0 Å². The Hall–Kier alpha value is -3.28. The molecule has 1 aliphatic heterocycles. The number of carbonyl (C=O) groups is 1. The third-order valence-electron chi connectivity index (χ3n) is 6.72. The summed E-state index contributed by atoms with van der Waals surface area (Å²) in [6, 6.07) is 13.0. The third-order valence-corrected chi connectivity index (χ3v) is 9.11. The Bertz CT molecular complexity index is 1990. The van der Waals surface area contributed by atoms with Gasteiger partial charge in [0.25, 0.3) is 5.56 Å². The van der Waals surface area contributed by atoms with Crippen LogP contribution in [0.15, 0.2) is 74.6 Å². The molecule has 2 heterocycles. The fraction of sp³-hybridized carbons (Fsp3) is 0.219. The molecule has 0 saturated heterocycles. The smallest absolute Gasteiger partial charge is 0.337 e. The van der Waals surface area contributed by atoms with Crippen molar-refractivity contribution < 1.29 is 23.7 Å². The van der Waals surface area contributed by atoms with Gasteiger partial charge in [0.15, 0.2) is 16.3 Å². The van der Waals surface area contributed by atoms with E-state index in [0.29, 0.717) is 70.5 Å². The molecule has 4 aromatic rings. The zero-order chi connectivity index (χ0) is 32.2. The highest BCUT2D eigenvalue weighted by molar-refractivity contribution is 9.10. The van der Waals surface area contributed by atoms with Crippen molar-refractivity contribution >= 4 is 74.1 Å². The predicted octanol–water partition coefficient (Wildman–Crippen LogP) is 7.12. The maximum atomic E-state index is 14.1. The van der Waals surface area contributed by atoms with Gasteiger partial charge in [0, 0.05) is 32.4 Å². The molecule has 1 aliphatic rings. The Morgan fingerprint density at radius 2 is 1.76 bits per heavy atom. The van der Waals surface area contributed by atoms with Gasteiger partial charge in [-0.05, 0) is 77.8 Å². The normalized spacial score (nSPS) is 14.3. The zero-order valence-electron chi connectivity index (χ0n) is 24.2. The molecule has 0 spiro atoms. The molecule has 0 unspecified atom stereocenters. The number of methoxy groups -OCH3 is 1. The summed E-state index contributed by atoms with van der Waals surface area (Å²) < 4.78 is 25.2. The fourth-order valence-corrected chi connectivity index (χ4v) is 7.13. The second-order valence-corrected chi connectivity index (χ2v) is 12.7. The van der Waals surface area contributed by atoms with Gasteiger partial charge in [0.05, 0.1) is 40.9 Å². The number of ether oxygens (including phenoxy) is 4. The molecule has 234 valence electrons. The zero-order valence-corrected chi connectivity index (χ0v) is 28.9. The first-order chi connectivity index (χ1) is 21.6. The molecular weight excluding hydrogens is 727 g/mol. The molecule has 45 heavy (non-hydrogen) atoms. The van der Waals surface area contributed by atoms with E-state index >= 15 is 0 Å². The summed E-state index contributed by atoms with van der Waals surface area (Å²) in [5, 5.41) is 1.41. The largest absolute Gasteiger partial charge is 0.490 e. The number of aromatic nitrogens is 1. The lowest BCUT2D eigenvalue weighted by molar-refractivity contribution is -0.136. The quantitative estimate of drug-likeness (QED) is 0.161. The van der Waals surface area contributed by atoms with Gasteiger partial charge in [-0.2, -0.15) is 0 Å². The summed E-state index contributed by atoms with van der Waals surface area (Å²) in [5.74, 6) is 0.890. The lowest BCUT2D eigenvalue weighted by Gasteiger charge is -2.23. The van der Waals surface area contributed by atoms with E-state index in [4.69, 9.17) is 53.8 Å². The number of carbonyl (C=O) groups excluding carboxylic acids is 1. The molecule has 8 nitrogen and oxygen atoms in total. The molecule has 1 atom stereocenters. The van der Waals surface area contributed by atoms with Crippen LogP contribution in [0.2, 0.25) is 15.1 Å². The van der Waals surface area contributed by atoms with Gasteiger partial charge >= 0.3 is 5.97 Å². The standard InChI is InChI=1S/C32H26BrCl3N2O6S/c1-4-42-25-9-7-17(11-26(25)43-5-2)28-22(31(40)41-3)15-37-32-38(28)30(39)27(45-32)12-19-10-21(35)13-23(33)29(19)44-16-18-6-8-20(34)14-24(18)36/h6-15,28H,4-5,16H2,1-3H3/b27-12+/t28-/m1/s1. The first kappa shape index (κ1) is 33.1. The van der Waals surface area contributed by atoms with Crippen LogP contribution in [-0.4, -0.2) is 30.9 Å². The number of fused-ring (bicyclic) bond motifs is 1. The Kier molecular flexibility index (Phi) is 10.6. The van der Waals surface area contributed by atoms with E-state index in [1.54, 1.807) is 54.6 Å². The number of hydrogen-bond donors (Lipinski definition) is 0. The number of halogens is 4. The highest BCUT2D eigenvalue weighted by Crippen LogP contribution is 2.36. The Morgan fingerprint density at radius 3 is 2.47 bits per heavy atom. The van der Waals surface area contributed by atoms with E-state index in [-0.39, 0.29) is 17.7 Å². The summed E-state index contributed by atoms with van der Waals surface area (Å²) in [7, 11) is 1.28. The lowest BCUT2D eigenvalue weighted by atomic mass is 9.97. The van der Waals surface area contributed by atoms with Crippen molar-refractivity contribution in [1.29, 1.82) is 0 Å². The second kappa shape index (κ2) is 14.4. The van der Waals surface area contributed by atoms with Crippen LogP contribution in [-0.2, 0) is 16.1 Å². The molecule has 0 saturated carbocycles. The summed E-state index contributed by atoms with van der Waals surface area (Å²) in [6.45, 7) is 4.72. The van der Waals surface area contributed by atoms with Gasteiger partial charge in [-0.3, -0.25) is 9.36 Å². The van der Waals surface area contributed by atoms with Gasteiger partial charge < -0.3 is 18.9 Å². The molecule has 5 rings (SSSR count). The average Bonchev–Trinajstić information content (AvgIpc) is 3.32. The van der Waals surface area contributed by atoms with Gasteiger partial charge in [-0.25, -0.2) is 9.79 Å². The molecule has 3 aromatic carbocycles. The summed E-state index contributed by atoms with van der Waals surface area (Å²) in [4.78, 5) is 31.9. The topological polar surface area (TPSA) is 88.4 Å². The molecule has 0 bridgehead atoms. The van der Waals surface area contributed by atoms with Crippen molar-refractivity contribution in [3.8, 4) is 17.2 Å². The maximum absolute atomic E-state index is 14.1. The highest BCUT2D eigenvalue weighted by Gasteiger charge is 2.31. The van der Waals surface area contributed by atoms with E-state index in [1.165, 1.54) is 29.2 Å². The van der Waals surface area contributed by atoms with Crippen molar-refractivity contribution in [3.05, 3.63) is 116 Å². The molecule has 1 aromatic heterocycles. The number of thiazole rings is 1. The van der Waals surface area contributed by atoms with Crippen LogP contribution >= 0.6 is 62.1 Å². The number of nitrogens with zero attached hydrogens (tertiary/aromatic N) is 2. The first-order valence-electron chi connectivity index (χ1n) is 13.7. The molecular formula is C32H26BrCl3N2O6S. The van der Waals surface area contributed by atoms with Gasteiger partial charge in [-0.1, -0.05) is 58.3 Å². The SMILES string of the molecule is CCOc1ccc([C@@H]2C(C(=O)OC)=CN=c3s/c(=C/c4cc(Cl)cc(Br)c4OCc4ccc(Cl)cc4Cl)c(=O)n32)cc1OCC. The van der Waals surface area contributed by atoms with Crippen molar-refractivity contribution in [2.24, 2.45) is 4.99 Å². The summed E-state index contributed by atoms with van der Waals surface area (Å²) in [6.07, 6.45) is 3.12. The Labute approximate surface area is 286 Å². The fourth-order valence-electron chi connectivity index (χ4n) is 4.76. The second-order valence-electron chi connectivity index (χ2n) is 9.58. The monoisotopic (exact) mass is 750 g/mol. The van der Waals surface area contributed by atoms with Crippen LogP contribution in [0, 0.1) is 0 Å².